The van der Waals surface area contributed by atoms with E-state index < -0.39 is 6.03 Å². The highest BCUT2D eigenvalue weighted by molar-refractivity contribution is 9.10. The summed E-state index contributed by atoms with van der Waals surface area (Å²) in [7, 11) is 0. The fraction of sp³-hybridized carbons (Fsp3) is 0.385. The lowest BCUT2D eigenvalue weighted by atomic mass is 10.1. The van der Waals surface area contributed by atoms with Crippen molar-refractivity contribution in [2.75, 3.05) is 5.32 Å². The first-order valence-electron chi connectivity index (χ1n) is 6.10. The molecule has 0 aliphatic rings. The van der Waals surface area contributed by atoms with Gasteiger partial charge in [0.2, 0.25) is 5.96 Å². The molecular weight excluding hydrogens is 379 g/mol. The molecule has 21 heavy (non-hydrogen) atoms. The van der Waals surface area contributed by atoms with Gasteiger partial charge in [-0.05, 0) is 55.3 Å². The van der Waals surface area contributed by atoms with Crippen molar-refractivity contribution < 1.29 is 4.79 Å². The fourth-order valence-corrected chi connectivity index (χ4v) is 2.33. The van der Waals surface area contributed by atoms with E-state index in [2.05, 4.69) is 31.9 Å². The summed E-state index contributed by atoms with van der Waals surface area (Å²) < 4.78 is 0.596. The molecule has 2 amide bonds. The summed E-state index contributed by atoms with van der Waals surface area (Å²) in [6, 6.07) is 1.16. The number of nitrogens with one attached hydrogen (secondary N) is 4. The van der Waals surface area contributed by atoms with Gasteiger partial charge in [-0.3, -0.25) is 10.7 Å². The van der Waals surface area contributed by atoms with Crippen molar-refractivity contribution >= 4 is 56.8 Å². The highest BCUT2D eigenvalue weighted by Gasteiger charge is 2.16. The van der Waals surface area contributed by atoms with E-state index in [4.69, 9.17) is 28.6 Å². The van der Waals surface area contributed by atoms with E-state index in [1.807, 2.05) is 20.8 Å². The van der Waals surface area contributed by atoms with Crippen LogP contribution in [0.25, 0.3) is 0 Å². The molecule has 0 fully saturated rings. The van der Waals surface area contributed by atoms with Gasteiger partial charge in [0, 0.05) is 11.2 Å². The maximum atomic E-state index is 11.7. The number of urea groups is 1. The normalized spacial score (nSPS) is 11.0. The first kappa shape index (κ1) is 18.1. The lowest BCUT2D eigenvalue weighted by Crippen LogP contribution is -2.49. The average molecular weight is 396 g/mol. The predicted molar refractivity (Wildman–Crippen MR) is 91.7 cm³/mol. The Morgan fingerprint density at radius 2 is 1.90 bits per heavy atom. The Labute approximate surface area is 142 Å². The number of carbonyl (C=O) groups is 1. The maximum absolute atomic E-state index is 11.7. The molecule has 0 aliphatic carbocycles. The van der Waals surface area contributed by atoms with Crippen molar-refractivity contribution in [1.82, 2.24) is 10.6 Å². The zero-order valence-corrected chi connectivity index (χ0v) is 15.2. The fourth-order valence-electron chi connectivity index (χ4n) is 1.47. The Bertz CT molecular complexity index is 585. The molecule has 116 valence electrons. The highest BCUT2D eigenvalue weighted by Crippen LogP contribution is 2.37. The molecule has 0 spiro atoms. The van der Waals surface area contributed by atoms with Crippen LogP contribution in [-0.2, 0) is 0 Å². The third kappa shape index (κ3) is 5.37. The molecule has 1 aromatic rings. The molecule has 0 radical (unpaired) electrons. The SMILES string of the molecule is Cc1c(NC(=N)NC(=O)NC(C)(C)C)cc(Cl)c(Br)c1Cl. The molecule has 1 rings (SSSR count). The molecule has 0 atom stereocenters. The summed E-state index contributed by atoms with van der Waals surface area (Å²) in [5.74, 6) is -0.172. The Morgan fingerprint density at radius 1 is 1.33 bits per heavy atom. The lowest BCUT2D eigenvalue weighted by Gasteiger charge is -2.21. The summed E-state index contributed by atoms with van der Waals surface area (Å²) >= 11 is 15.4. The van der Waals surface area contributed by atoms with Gasteiger partial charge in [0.15, 0.2) is 0 Å². The number of carbonyl (C=O) groups excluding carboxylic acids is 1. The van der Waals surface area contributed by atoms with E-state index >= 15 is 0 Å². The summed E-state index contributed by atoms with van der Waals surface area (Å²) in [5, 5.41) is 16.5. The molecule has 0 saturated heterocycles. The number of halogens is 3. The highest BCUT2D eigenvalue weighted by atomic mass is 79.9. The van der Waals surface area contributed by atoms with Gasteiger partial charge in [-0.25, -0.2) is 4.79 Å². The maximum Gasteiger partial charge on any atom is 0.321 e. The Morgan fingerprint density at radius 3 is 2.43 bits per heavy atom. The van der Waals surface area contributed by atoms with E-state index in [0.717, 1.165) is 5.56 Å². The molecule has 5 nitrogen and oxygen atoms in total. The molecule has 0 heterocycles. The topological polar surface area (TPSA) is 77.0 Å². The van der Waals surface area contributed by atoms with Crippen molar-refractivity contribution in [3.8, 4) is 0 Å². The molecule has 1 aromatic carbocycles. The van der Waals surface area contributed by atoms with Gasteiger partial charge < -0.3 is 10.6 Å². The van der Waals surface area contributed by atoms with Crippen molar-refractivity contribution in [1.29, 1.82) is 5.41 Å². The first-order chi connectivity index (χ1) is 9.51. The van der Waals surface area contributed by atoms with Crippen LogP contribution < -0.4 is 16.0 Å². The number of amides is 2. The third-order valence-electron chi connectivity index (χ3n) is 2.39. The Kier molecular flexibility index (Phi) is 5.90. The van der Waals surface area contributed by atoms with Crippen molar-refractivity contribution in [2.24, 2.45) is 0 Å². The second-order valence-electron chi connectivity index (χ2n) is 5.49. The van der Waals surface area contributed by atoms with Crippen molar-refractivity contribution in [3.05, 3.63) is 26.1 Å². The summed E-state index contributed by atoms with van der Waals surface area (Å²) in [6.45, 7) is 7.33. The minimum absolute atomic E-state index is 0.172. The van der Waals surface area contributed by atoms with Crippen LogP contribution in [0.15, 0.2) is 10.5 Å². The molecule has 0 bridgehead atoms. The minimum atomic E-state index is -0.466. The van der Waals surface area contributed by atoms with Crippen LogP contribution in [-0.4, -0.2) is 17.5 Å². The summed E-state index contributed by atoms with van der Waals surface area (Å²) in [6.07, 6.45) is 0. The van der Waals surface area contributed by atoms with Gasteiger partial charge in [0.05, 0.1) is 14.5 Å². The molecule has 8 heteroatoms. The number of rotatable bonds is 1. The second kappa shape index (κ2) is 6.85. The van der Waals surface area contributed by atoms with Crippen molar-refractivity contribution in [3.63, 3.8) is 0 Å². The van der Waals surface area contributed by atoms with Crippen LogP contribution in [0.1, 0.15) is 26.3 Å². The van der Waals surface area contributed by atoms with Crippen LogP contribution >= 0.6 is 39.1 Å². The number of anilines is 1. The minimum Gasteiger partial charge on any atom is -0.333 e. The van der Waals surface area contributed by atoms with E-state index in [0.29, 0.717) is 20.2 Å². The second-order valence-corrected chi connectivity index (χ2v) is 7.07. The molecule has 0 unspecified atom stereocenters. The van der Waals surface area contributed by atoms with Gasteiger partial charge >= 0.3 is 6.03 Å². The van der Waals surface area contributed by atoms with Crippen LogP contribution in [0.5, 0.6) is 0 Å². The van der Waals surface area contributed by atoms with Crippen molar-refractivity contribution in [2.45, 2.75) is 33.2 Å². The first-order valence-corrected chi connectivity index (χ1v) is 7.65. The summed E-state index contributed by atoms with van der Waals surface area (Å²) in [4.78, 5) is 11.7. The monoisotopic (exact) mass is 394 g/mol. The molecule has 0 aliphatic heterocycles. The standard InChI is InChI=1S/C13H17BrCl2N4O/c1-6-8(5-7(15)9(14)10(6)16)18-11(17)19-12(21)20-13(2,3)4/h5H,1-4H3,(H4,17,18,19,20,21). The Balaban J connectivity index is 2.79. The van der Waals surface area contributed by atoms with E-state index in [-0.39, 0.29) is 11.5 Å². The van der Waals surface area contributed by atoms with E-state index in [9.17, 15) is 4.79 Å². The predicted octanol–water partition coefficient (Wildman–Crippen LogP) is 4.51. The third-order valence-corrected chi connectivity index (χ3v) is 4.44. The van der Waals surface area contributed by atoms with Gasteiger partial charge in [0.25, 0.3) is 0 Å². The van der Waals surface area contributed by atoms with Crippen LogP contribution in [0.3, 0.4) is 0 Å². The molecule has 4 N–H and O–H groups in total. The largest absolute Gasteiger partial charge is 0.333 e. The number of guanidine groups is 1. The van der Waals surface area contributed by atoms with E-state index in [1.54, 1.807) is 13.0 Å². The van der Waals surface area contributed by atoms with Gasteiger partial charge in [0.1, 0.15) is 0 Å². The number of hydrogen-bond acceptors (Lipinski definition) is 2. The zero-order chi connectivity index (χ0) is 16.4. The lowest BCUT2D eigenvalue weighted by molar-refractivity contribution is 0.236. The Hall–Kier alpha value is -0.980. The zero-order valence-electron chi connectivity index (χ0n) is 12.1. The van der Waals surface area contributed by atoms with Gasteiger partial charge in [-0.15, -0.1) is 0 Å². The smallest absolute Gasteiger partial charge is 0.321 e. The van der Waals surface area contributed by atoms with E-state index in [1.165, 1.54) is 0 Å². The van der Waals surface area contributed by atoms with Crippen LogP contribution in [0.2, 0.25) is 10.0 Å². The molecule has 0 saturated carbocycles. The summed E-state index contributed by atoms with van der Waals surface area (Å²) in [5.41, 5.74) is 0.884. The van der Waals surface area contributed by atoms with Gasteiger partial charge in [-0.1, -0.05) is 23.2 Å². The van der Waals surface area contributed by atoms with Crippen LogP contribution in [0, 0.1) is 12.3 Å². The van der Waals surface area contributed by atoms with Gasteiger partial charge in [-0.2, -0.15) is 0 Å². The quantitative estimate of drug-likeness (QED) is 0.320. The number of hydrogen-bond donors (Lipinski definition) is 4. The molecule has 0 aromatic heterocycles. The molecular formula is C13H17BrCl2N4O. The van der Waals surface area contributed by atoms with Crippen LogP contribution in [0.4, 0.5) is 10.5 Å². The number of benzene rings is 1. The average Bonchev–Trinajstić information content (AvgIpc) is 2.30.